The largest absolute Gasteiger partial charge is 0.372 e. The molecule has 0 unspecified atom stereocenters. The lowest BCUT2D eigenvalue weighted by atomic mass is 9.94. The van der Waals surface area contributed by atoms with E-state index in [0.717, 1.165) is 45.6 Å². The van der Waals surface area contributed by atoms with Gasteiger partial charge in [-0.2, -0.15) is 0 Å². The van der Waals surface area contributed by atoms with E-state index in [1.165, 1.54) is 24.3 Å². The number of ketones is 1. The van der Waals surface area contributed by atoms with Gasteiger partial charge in [0.05, 0.1) is 12.2 Å². The van der Waals surface area contributed by atoms with Gasteiger partial charge in [-0.1, -0.05) is 50.6 Å². The van der Waals surface area contributed by atoms with E-state index in [4.69, 9.17) is 4.79 Å². The molecule has 0 aliphatic carbocycles. The van der Waals surface area contributed by atoms with Crippen LogP contribution in [0.1, 0.15) is 71.3 Å². The number of carbonyl (C=O) groups is 2. The molecule has 4 N–H and O–H groups in total. The number of halogens is 1. The number of carbonyl (C=O) groups excluding carboxylic acids is 2. The van der Waals surface area contributed by atoms with Crippen LogP contribution in [0.25, 0.3) is 11.3 Å². The van der Waals surface area contributed by atoms with Crippen LogP contribution >= 0.6 is 0 Å². The second kappa shape index (κ2) is 16.3. The molecule has 8 heteroatoms. The number of nitrogens with zero attached hydrogens (tertiary/aromatic N) is 1. The molecule has 0 saturated carbocycles. The fraction of sp³-hybridized carbons (Fsp3) is 0.270. The third kappa shape index (κ3) is 9.09. The quantitative estimate of drug-likeness (QED) is 0.129. The van der Waals surface area contributed by atoms with Gasteiger partial charge >= 0.3 is 0 Å². The predicted octanol–water partition coefficient (Wildman–Crippen LogP) is 6.70. The lowest BCUT2D eigenvalue weighted by Crippen LogP contribution is -2.27. The number of anilines is 1. The van der Waals surface area contributed by atoms with E-state index < -0.39 is 0 Å². The number of rotatable bonds is 11. The Hall–Kier alpha value is -4.82. The molecule has 0 fully saturated rings. The number of pyridine rings is 1. The van der Waals surface area contributed by atoms with Crippen molar-refractivity contribution in [3.05, 3.63) is 134 Å². The summed E-state index contributed by atoms with van der Waals surface area (Å²) in [5.41, 5.74) is 12.2. The van der Waals surface area contributed by atoms with Gasteiger partial charge in [-0.05, 0) is 105 Å². The number of allylic oxidation sites excluding steroid dienone is 1. The lowest BCUT2D eigenvalue weighted by Gasteiger charge is -2.19. The standard InChI is InChI=1S/C36H40FN3O2.CH3NO/c1-7-8-31(21-38-6)39-33-15-16-34(32-17-24(4)9-10-25(32)5)40(36(33)42)22-26-18-28(23(2)3)20-29(19-26)35(41)27-11-13-30(37)14-12-27;2-1-3/h8-20,23,38-39H,7,21-22H2,1-6H3;1H,(H2,2,3). The molecule has 0 bridgehead atoms. The van der Waals surface area contributed by atoms with Gasteiger partial charge < -0.3 is 20.9 Å². The van der Waals surface area contributed by atoms with Crippen molar-refractivity contribution in [3.63, 3.8) is 0 Å². The lowest BCUT2D eigenvalue weighted by molar-refractivity contribution is -0.106. The Morgan fingerprint density at radius 1 is 0.978 bits per heavy atom. The van der Waals surface area contributed by atoms with Gasteiger partial charge in [0, 0.05) is 28.9 Å². The first kappa shape index (κ1) is 34.7. The fourth-order valence-electron chi connectivity index (χ4n) is 5.08. The number of aromatic nitrogens is 1. The first-order valence-electron chi connectivity index (χ1n) is 15.0. The van der Waals surface area contributed by atoms with E-state index in [1.54, 1.807) is 4.57 Å². The van der Waals surface area contributed by atoms with Crippen molar-refractivity contribution in [2.45, 2.75) is 53.5 Å². The van der Waals surface area contributed by atoms with Crippen LogP contribution in [0.4, 0.5) is 10.1 Å². The second-order valence-corrected chi connectivity index (χ2v) is 11.2. The zero-order chi connectivity index (χ0) is 33.1. The Balaban J connectivity index is 0.00000177. The normalized spacial score (nSPS) is 11.2. The first-order valence-corrected chi connectivity index (χ1v) is 15.0. The van der Waals surface area contributed by atoms with Gasteiger partial charge in [0.25, 0.3) is 5.56 Å². The Morgan fingerprint density at radius 3 is 2.29 bits per heavy atom. The molecule has 4 aromatic rings. The van der Waals surface area contributed by atoms with Crippen LogP contribution in [0.5, 0.6) is 0 Å². The molecular formula is C37H43FN4O3. The molecule has 1 heterocycles. The summed E-state index contributed by atoms with van der Waals surface area (Å²) in [6, 6.07) is 21.5. The predicted molar refractivity (Wildman–Crippen MR) is 181 cm³/mol. The first-order chi connectivity index (χ1) is 21.5. The summed E-state index contributed by atoms with van der Waals surface area (Å²) >= 11 is 0. The van der Waals surface area contributed by atoms with Gasteiger partial charge in [0.15, 0.2) is 5.78 Å². The maximum atomic E-state index is 14.1. The van der Waals surface area contributed by atoms with E-state index in [-0.39, 0.29) is 36.0 Å². The van der Waals surface area contributed by atoms with Gasteiger partial charge in [-0.3, -0.25) is 14.4 Å². The summed E-state index contributed by atoms with van der Waals surface area (Å²) in [5.74, 6) is -0.407. The van der Waals surface area contributed by atoms with Crippen molar-refractivity contribution in [1.29, 1.82) is 0 Å². The number of primary amides is 1. The van der Waals surface area contributed by atoms with Crippen LogP contribution in [-0.2, 0) is 11.3 Å². The molecule has 1 aromatic heterocycles. The Morgan fingerprint density at radius 2 is 1.67 bits per heavy atom. The van der Waals surface area contributed by atoms with Gasteiger partial charge in [-0.25, -0.2) is 4.39 Å². The van der Waals surface area contributed by atoms with E-state index in [9.17, 15) is 14.0 Å². The third-order valence-corrected chi connectivity index (χ3v) is 7.35. The molecule has 0 aliphatic heterocycles. The van der Waals surface area contributed by atoms with E-state index in [1.807, 2.05) is 45.2 Å². The van der Waals surface area contributed by atoms with Crippen molar-refractivity contribution < 1.29 is 14.0 Å². The Labute approximate surface area is 265 Å². The fourth-order valence-corrected chi connectivity index (χ4v) is 5.08. The van der Waals surface area contributed by atoms with Crippen LogP contribution in [0.3, 0.4) is 0 Å². The number of nitrogens with one attached hydrogen (secondary N) is 2. The summed E-state index contributed by atoms with van der Waals surface area (Å²) in [6.07, 6.45) is 3.16. The summed E-state index contributed by atoms with van der Waals surface area (Å²) in [4.78, 5) is 36.2. The molecule has 236 valence electrons. The number of nitrogens with two attached hydrogens (primary N) is 1. The zero-order valence-corrected chi connectivity index (χ0v) is 26.9. The van der Waals surface area contributed by atoms with Crippen molar-refractivity contribution in [2.24, 2.45) is 5.73 Å². The van der Waals surface area contributed by atoms with Crippen LogP contribution in [0.15, 0.2) is 89.4 Å². The SMILES string of the molecule is CCC=C(CNC)Nc1ccc(-c2cc(C)ccc2C)n(Cc2cc(C(=O)c3ccc(F)cc3)cc(C(C)C)c2)c1=O.NC=O. The van der Waals surface area contributed by atoms with Crippen LogP contribution in [0, 0.1) is 19.7 Å². The summed E-state index contributed by atoms with van der Waals surface area (Å²) in [7, 11) is 1.87. The number of aryl methyl sites for hydroxylation is 2. The molecule has 1 amide bonds. The minimum Gasteiger partial charge on any atom is -0.372 e. The highest BCUT2D eigenvalue weighted by molar-refractivity contribution is 6.09. The second-order valence-electron chi connectivity index (χ2n) is 11.2. The molecule has 0 radical (unpaired) electrons. The van der Waals surface area contributed by atoms with E-state index >= 15 is 0 Å². The summed E-state index contributed by atoms with van der Waals surface area (Å²) < 4.78 is 15.3. The molecular weight excluding hydrogens is 567 g/mol. The highest BCUT2D eigenvalue weighted by Crippen LogP contribution is 2.27. The maximum absolute atomic E-state index is 14.1. The third-order valence-electron chi connectivity index (χ3n) is 7.35. The average Bonchev–Trinajstić information content (AvgIpc) is 3.01. The molecule has 3 aromatic carbocycles. The highest BCUT2D eigenvalue weighted by Gasteiger charge is 2.17. The monoisotopic (exact) mass is 610 g/mol. The van der Waals surface area contributed by atoms with Crippen molar-refractivity contribution in [2.75, 3.05) is 18.9 Å². The number of likely N-dealkylation sites (N-methyl/N-ethyl adjacent to an activating group) is 1. The molecule has 0 aliphatic rings. The summed E-state index contributed by atoms with van der Waals surface area (Å²) in [5, 5.41) is 6.50. The van der Waals surface area contributed by atoms with Gasteiger partial charge in [0.2, 0.25) is 6.41 Å². The molecule has 4 rings (SSSR count). The maximum Gasteiger partial charge on any atom is 0.275 e. The summed E-state index contributed by atoms with van der Waals surface area (Å²) in [6.45, 7) is 11.2. The molecule has 0 spiro atoms. The number of hydrogen-bond acceptors (Lipinski definition) is 5. The van der Waals surface area contributed by atoms with Crippen LogP contribution in [-0.4, -0.2) is 30.4 Å². The van der Waals surface area contributed by atoms with Gasteiger partial charge in [0.1, 0.15) is 11.5 Å². The van der Waals surface area contributed by atoms with E-state index in [0.29, 0.717) is 23.4 Å². The molecule has 0 saturated heterocycles. The Bertz CT molecular complexity index is 1720. The molecule has 0 atom stereocenters. The number of benzene rings is 3. The number of amides is 1. The van der Waals surface area contributed by atoms with E-state index in [2.05, 4.69) is 67.5 Å². The molecule has 45 heavy (non-hydrogen) atoms. The van der Waals surface area contributed by atoms with Crippen LogP contribution < -0.4 is 21.9 Å². The minimum absolute atomic E-state index is 0.145. The zero-order valence-electron chi connectivity index (χ0n) is 26.9. The highest BCUT2D eigenvalue weighted by atomic mass is 19.1. The smallest absolute Gasteiger partial charge is 0.275 e. The van der Waals surface area contributed by atoms with Gasteiger partial charge in [-0.15, -0.1) is 0 Å². The molecule has 7 nitrogen and oxygen atoms in total. The van der Waals surface area contributed by atoms with Crippen molar-refractivity contribution >= 4 is 17.9 Å². The van der Waals surface area contributed by atoms with Crippen molar-refractivity contribution in [3.8, 4) is 11.3 Å². The van der Waals surface area contributed by atoms with Crippen molar-refractivity contribution in [1.82, 2.24) is 9.88 Å². The topological polar surface area (TPSA) is 106 Å². The number of hydrogen-bond donors (Lipinski definition) is 3. The average molecular weight is 611 g/mol. The van der Waals surface area contributed by atoms with Crippen LogP contribution in [0.2, 0.25) is 0 Å². The Kier molecular flexibility index (Phi) is 12.6. The minimum atomic E-state index is -0.387.